The van der Waals surface area contributed by atoms with Crippen molar-refractivity contribution < 1.29 is 0 Å². The first kappa shape index (κ1) is 17.3. The van der Waals surface area contributed by atoms with Crippen molar-refractivity contribution in [2.75, 3.05) is 6.54 Å². The van der Waals surface area contributed by atoms with Gasteiger partial charge in [-0.1, -0.05) is 50.2 Å². The standard InChI is InChI=1S/C23H26N2S/c1-15(2)17-10-7-11-18-19(9-5-6-13-24)23(25-22(17)18)21-14-16-8-3-4-12-20(16)26-21/h3-4,7-8,10-12,14-15,25H,5-6,9,13,24H2,1-2H3. The smallest absolute Gasteiger partial charge is 0.0599 e. The molecular weight excluding hydrogens is 336 g/mol. The van der Waals surface area contributed by atoms with Crippen LogP contribution in [0.5, 0.6) is 0 Å². The molecule has 0 saturated carbocycles. The molecule has 4 aromatic rings. The summed E-state index contributed by atoms with van der Waals surface area (Å²) >= 11 is 1.88. The Morgan fingerprint density at radius 1 is 1.04 bits per heavy atom. The van der Waals surface area contributed by atoms with Crippen molar-refractivity contribution in [3.8, 4) is 10.6 Å². The van der Waals surface area contributed by atoms with Gasteiger partial charge in [0.1, 0.15) is 0 Å². The van der Waals surface area contributed by atoms with E-state index in [0.717, 1.165) is 25.8 Å². The largest absolute Gasteiger partial charge is 0.353 e. The molecule has 0 fully saturated rings. The van der Waals surface area contributed by atoms with Gasteiger partial charge in [-0.15, -0.1) is 11.3 Å². The molecule has 4 rings (SSSR count). The number of thiophene rings is 1. The molecule has 0 radical (unpaired) electrons. The third-order valence-corrected chi connectivity index (χ3v) is 6.28. The fraction of sp³-hybridized carbons (Fsp3) is 0.304. The van der Waals surface area contributed by atoms with E-state index in [1.54, 1.807) is 0 Å². The SMILES string of the molecule is CC(C)c1cccc2c(CCCCN)c(-c3cc4ccccc4s3)[nH]c12. The summed E-state index contributed by atoms with van der Waals surface area (Å²) in [7, 11) is 0. The van der Waals surface area contributed by atoms with Crippen molar-refractivity contribution in [1.29, 1.82) is 0 Å². The summed E-state index contributed by atoms with van der Waals surface area (Å²) in [6.45, 7) is 5.30. The van der Waals surface area contributed by atoms with E-state index in [4.69, 9.17) is 5.73 Å². The van der Waals surface area contributed by atoms with E-state index in [2.05, 4.69) is 67.4 Å². The van der Waals surface area contributed by atoms with Gasteiger partial charge < -0.3 is 10.7 Å². The molecule has 2 nitrogen and oxygen atoms in total. The normalized spacial score (nSPS) is 11.8. The molecule has 26 heavy (non-hydrogen) atoms. The Kier molecular flexibility index (Phi) is 4.84. The zero-order chi connectivity index (χ0) is 18.1. The van der Waals surface area contributed by atoms with Crippen molar-refractivity contribution in [1.82, 2.24) is 4.98 Å². The number of nitrogens with two attached hydrogens (primary N) is 1. The first-order valence-electron chi connectivity index (χ1n) is 9.51. The number of fused-ring (bicyclic) bond motifs is 2. The van der Waals surface area contributed by atoms with Crippen LogP contribution in [0, 0.1) is 0 Å². The van der Waals surface area contributed by atoms with E-state index in [1.165, 1.54) is 42.7 Å². The average Bonchev–Trinajstić information content (AvgIpc) is 3.23. The van der Waals surface area contributed by atoms with Crippen LogP contribution in [0.3, 0.4) is 0 Å². The van der Waals surface area contributed by atoms with Crippen LogP contribution in [-0.2, 0) is 6.42 Å². The number of rotatable bonds is 6. The first-order chi connectivity index (χ1) is 12.7. The molecule has 0 saturated heterocycles. The molecule has 3 N–H and O–H groups in total. The van der Waals surface area contributed by atoms with Crippen molar-refractivity contribution in [3.05, 3.63) is 59.7 Å². The van der Waals surface area contributed by atoms with Crippen LogP contribution < -0.4 is 5.73 Å². The van der Waals surface area contributed by atoms with Crippen LogP contribution >= 0.6 is 11.3 Å². The zero-order valence-corrected chi connectivity index (χ0v) is 16.3. The molecule has 0 amide bonds. The third kappa shape index (κ3) is 3.06. The van der Waals surface area contributed by atoms with Gasteiger partial charge in [0.25, 0.3) is 0 Å². The fourth-order valence-corrected chi connectivity index (χ4v) is 4.89. The molecule has 0 unspecified atom stereocenters. The lowest BCUT2D eigenvalue weighted by molar-refractivity contribution is 0.748. The molecule has 2 heterocycles. The van der Waals surface area contributed by atoms with Gasteiger partial charge in [-0.2, -0.15) is 0 Å². The van der Waals surface area contributed by atoms with E-state index < -0.39 is 0 Å². The Balaban J connectivity index is 1.91. The summed E-state index contributed by atoms with van der Waals surface area (Å²) in [5.74, 6) is 0.504. The van der Waals surface area contributed by atoms with Gasteiger partial charge in [0.05, 0.1) is 10.6 Å². The highest BCUT2D eigenvalue weighted by molar-refractivity contribution is 7.22. The topological polar surface area (TPSA) is 41.8 Å². The summed E-state index contributed by atoms with van der Waals surface area (Å²) in [5, 5.41) is 2.70. The maximum absolute atomic E-state index is 5.74. The van der Waals surface area contributed by atoms with Crippen LogP contribution in [-0.4, -0.2) is 11.5 Å². The molecular formula is C23H26N2S. The number of hydrogen-bond acceptors (Lipinski definition) is 2. The van der Waals surface area contributed by atoms with Crippen molar-refractivity contribution >= 4 is 32.3 Å². The lowest BCUT2D eigenvalue weighted by Crippen LogP contribution is -1.99. The Hall–Kier alpha value is -2.10. The summed E-state index contributed by atoms with van der Waals surface area (Å²) in [4.78, 5) is 5.13. The number of benzene rings is 2. The predicted octanol–water partition coefficient (Wildman–Crippen LogP) is 6.45. The van der Waals surface area contributed by atoms with Crippen LogP contribution in [0.2, 0.25) is 0 Å². The molecule has 0 atom stereocenters. The Morgan fingerprint density at radius 3 is 2.65 bits per heavy atom. The number of hydrogen-bond donors (Lipinski definition) is 2. The van der Waals surface area contributed by atoms with Gasteiger partial charge >= 0.3 is 0 Å². The lowest BCUT2D eigenvalue weighted by Gasteiger charge is -2.07. The van der Waals surface area contributed by atoms with Crippen molar-refractivity contribution in [2.45, 2.75) is 39.0 Å². The van der Waals surface area contributed by atoms with Gasteiger partial charge in [-0.25, -0.2) is 0 Å². The second-order valence-electron chi connectivity index (χ2n) is 7.30. The lowest BCUT2D eigenvalue weighted by atomic mass is 9.97. The highest BCUT2D eigenvalue weighted by Crippen LogP contribution is 2.39. The molecule has 2 aromatic heterocycles. The molecule has 134 valence electrons. The maximum atomic E-state index is 5.74. The number of unbranched alkanes of at least 4 members (excludes halogenated alkanes) is 1. The third-order valence-electron chi connectivity index (χ3n) is 5.15. The molecule has 3 heteroatoms. The summed E-state index contributed by atoms with van der Waals surface area (Å²) in [6.07, 6.45) is 3.28. The van der Waals surface area contributed by atoms with Gasteiger partial charge in [0, 0.05) is 15.6 Å². The first-order valence-corrected chi connectivity index (χ1v) is 10.3. The van der Waals surface area contributed by atoms with E-state index in [1.807, 2.05) is 11.3 Å². The minimum Gasteiger partial charge on any atom is -0.353 e. The zero-order valence-electron chi connectivity index (χ0n) is 15.5. The Labute approximate surface area is 159 Å². The fourth-order valence-electron chi connectivity index (χ4n) is 3.80. The maximum Gasteiger partial charge on any atom is 0.0599 e. The van der Waals surface area contributed by atoms with Crippen LogP contribution in [0.15, 0.2) is 48.5 Å². The molecule has 0 aliphatic carbocycles. The number of aromatic nitrogens is 1. The molecule has 0 aliphatic rings. The number of aromatic amines is 1. The molecule has 0 aliphatic heterocycles. The highest BCUT2D eigenvalue weighted by Gasteiger charge is 2.17. The van der Waals surface area contributed by atoms with Crippen LogP contribution in [0.25, 0.3) is 31.6 Å². The number of para-hydroxylation sites is 1. The van der Waals surface area contributed by atoms with Gasteiger partial charge in [-0.05, 0) is 60.4 Å². The van der Waals surface area contributed by atoms with Crippen LogP contribution in [0.4, 0.5) is 0 Å². The Bertz CT molecular complexity index is 1010. The second-order valence-corrected chi connectivity index (χ2v) is 8.38. The van der Waals surface area contributed by atoms with Gasteiger partial charge in [-0.3, -0.25) is 0 Å². The number of nitrogens with one attached hydrogen (secondary N) is 1. The minimum atomic E-state index is 0.504. The summed E-state index contributed by atoms with van der Waals surface area (Å²) in [6, 6.07) is 17.7. The minimum absolute atomic E-state index is 0.504. The van der Waals surface area contributed by atoms with E-state index in [9.17, 15) is 0 Å². The molecule has 0 bridgehead atoms. The molecule has 2 aromatic carbocycles. The van der Waals surface area contributed by atoms with E-state index in [-0.39, 0.29) is 0 Å². The summed E-state index contributed by atoms with van der Waals surface area (Å²) < 4.78 is 1.35. The second kappa shape index (κ2) is 7.26. The van der Waals surface area contributed by atoms with Crippen molar-refractivity contribution in [2.24, 2.45) is 5.73 Å². The monoisotopic (exact) mass is 362 g/mol. The van der Waals surface area contributed by atoms with Gasteiger partial charge in [0.2, 0.25) is 0 Å². The Morgan fingerprint density at radius 2 is 1.88 bits per heavy atom. The van der Waals surface area contributed by atoms with E-state index in [0.29, 0.717) is 5.92 Å². The predicted molar refractivity (Wildman–Crippen MR) is 115 cm³/mol. The van der Waals surface area contributed by atoms with Crippen LogP contribution in [0.1, 0.15) is 43.7 Å². The number of H-pyrrole nitrogens is 1. The van der Waals surface area contributed by atoms with Crippen molar-refractivity contribution in [3.63, 3.8) is 0 Å². The number of aryl methyl sites for hydroxylation is 1. The highest BCUT2D eigenvalue weighted by atomic mass is 32.1. The summed E-state index contributed by atoms with van der Waals surface area (Å²) in [5.41, 5.74) is 11.2. The average molecular weight is 363 g/mol. The molecule has 0 spiro atoms. The van der Waals surface area contributed by atoms with E-state index >= 15 is 0 Å². The quantitative estimate of drug-likeness (QED) is 0.380. The van der Waals surface area contributed by atoms with Gasteiger partial charge in [0.15, 0.2) is 0 Å².